The highest BCUT2D eigenvalue weighted by Crippen LogP contribution is 2.17. The van der Waals surface area contributed by atoms with E-state index in [-0.39, 0.29) is 5.84 Å². The third-order valence-electron chi connectivity index (χ3n) is 3.03. The van der Waals surface area contributed by atoms with Crippen molar-refractivity contribution in [2.24, 2.45) is 5.73 Å². The number of imidazole rings is 1. The molecule has 0 saturated heterocycles. The van der Waals surface area contributed by atoms with Gasteiger partial charge in [0.05, 0.1) is 12.0 Å². The van der Waals surface area contributed by atoms with Crippen LogP contribution in [0.3, 0.4) is 0 Å². The minimum atomic E-state index is 0.104. The SMILES string of the molecule is Cc1cc(-n2cnc(C)c2C)ccc1C(=N)N. The Hall–Kier alpha value is -2.10. The third-order valence-corrected chi connectivity index (χ3v) is 3.03. The number of amidine groups is 1. The molecule has 17 heavy (non-hydrogen) atoms. The lowest BCUT2D eigenvalue weighted by Gasteiger charge is -2.09. The standard InChI is InChI=1S/C13H16N4/c1-8-6-11(4-5-12(8)13(14)15)17-7-16-9(2)10(17)3/h4-7H,1-3H3,(H3,14,15). The zero-order valence-electron chi connectivity index (χ0n) is 10.3. The molecule has 0 fully saturated rings. The van der Waals surface area contributed by atoms with Gasteiger partial charge in [-0.05, 0) is 44.5 Å². The Kier molecular flexibility index (Phi) is 2.71. The van der Waals surface area contributed by atoms with Crippen molar-refractivity contribution in [3.05, 3.63) is 47.0 Å². The first-order chi connectivity index (χ1) is 8.00. The van der Waals surface area contributed by atoms with Crippen molar-refractivity contribution in [2.45, 2.75) is 20.8 Å². The molecular weight excluding hydrogens is 212 g/mol. The van der Waals surface area contributed by atoms with E-state index in [1.807, 2.05) is 49.9 Å². The maximum atomic E-state index is 7.46. The molecule has 2 aromatic rings. The number of nitrogens with one attached hydrogen (secondary N) is 1. The fraction of sp³-hybridized carbons (Fsp3) is 0.231. The molecule has 0 radical (unpaired) electrons. The quantitative estimate of drug-likeness (QED) is 0.610. The smallest absolute Gasteiger partial charge is 0.123 e. The molecule has 0 aliphatic carbocycles. The predicted octanol–water partition coefficient (Wildman–Crippen LogP) is 2.08. The molecule has 1 aromatic carbocycles. The van der Waals surface area contributed by atoms with Crippen LogP contribution in [0.4, 0.5) is 0 Å². The van der Waals surface area contributed by atoms with E-state index >= 15 is 0 Å². The van der Waals surface area contributed by atoms with Crippen LogP contribution < -0.4 is 5.73 Å². The number of rotatable bonds is 2. The molecule has 0 saturated carbocycles. The Bertz CT molecular complexity index is 581. The average molecular weight is 228 g/mol. The van der Waals surface area contributed by atoms with Gasteiger partial charge in [-0.1, -0.05) is 0 Å². The van der Waals surface area contributed by atoms with Gasteiger partial charge in [0.1, 0.15) is 5.84 Å². The molecule has 1 heterocycles. The lowest BCUT2D eigenvalue weighted by Crippen LogP contribution is -2.13. The van der Waals surface area contributed by atoms with Crippen LogP contribution in [0.5, 0.6) is 0 Å². The van der Waals surface area contributed by atoms with Gasteiger partial charge in [-0.3, -0.25) is 5.41 Å². The molecule has 0 bridgehead atoms. The Labute approximate surface area is 101 Å². The summed E-state index contributed by atoms with van der Waals surface area (Å²) in [7, 11) is 0. The number of aryl methyl sites for hydroxylation is 2. The van der Waals surface area contributed by atoms with E-state index in [0.29, 0.717) is 0 Å². The van der Waals surface area contributed by atoms with Gasteiger partial charge < -0.3 is 10.3 Å². The van der Waals surface area contributed by atoms with Gasteiger partial charge in [0.15, 0.2) is 0 Å². The second kappa shape index (κ2) is 4.05. The van der Waals surface area contributed by atoms with Gasteiger partial charge in [-0.2, -0.15) is 0 Å². The molecule has 0 aliphatic rings. The van der Waals surface area contributed by atoms with E-state index in [4.69, 9.17) is 11.1 Å². The number of nitrogen functional groups attached to an aromatic ring is 1. The van der Waals surface area contributed by atoms with Crippen molar-refractivity contribution in [3.8, 4) is 5.69 Å². The molecule has 0 atom stereocenters. The van der Waals surface area contributed by atoms with Crippen molar-refractivity contribution in [3.63, 3.8) is 0 Å². The Balaban J connectivity index is 2.52. The highest BCUT2D eigenvalue weighted by molar-refractivity contribution is 5.96. The van der Waals surface area contributed by atoms with Gasteiger partial charge in [0, 0.05) is 16.9 Å². The van der Waals surface area contributed by atoms with Crippen LogP contribution in [0.1, 0.15) is 22.5 Å². The van der Waals surface area contributed by atoms with E-state index in [1.54, 1.807) is 0 Å². The van der Waals surface area contributed by atoms with E-state index < -0.39 is 0 Å². The Morgan fingerprint density at radius 3 is 2.47 bits per heavy atom. The zero-order chi connectivity index (χ0) is 12.6. The molecule has 0 amide bonds. The Morgan fingerprint density at radius 2 is 2.00 bits per heavy atom. The average Bonchev–Trinajstić information content (AvgIpc) is 2.59. The van der Waals surface area contributed by atoms with Crippen LogP contribution >= 0.6 is 0 Å². The van der Waals surface area contributed by atoms with Crippen molar-refractivity contribution in [2.75, 3.05) is 0 Å². The summed E-state index contributed by atoms with van der Waals surface area (Å²) in [4.78, 5) is 4.28. The summed E-state index contributed by atoms with van der Waals surface area (Å²) in [6.45, 7) is 5.98. The number of hydrogen-bond acceptors (Lipinski definition) is 2. The van der Waals surface area contributed by atoms with Gasteiger partial charge in [0.2, 0.25) is 0 Å². The van der Waals surface area contributed by atoms with E-state index in [9.17, 15) is 0 Å². The fourth-order valence-corrected chi connectivity index (χ4v) is 1.86. The summed E-state index contributed by atoms with van der Waals surface area (Å²) in [6.07, 6.45) is 1.81. The molecule has 3 N–H and O–H groups in total. The molecule has 2 rings (SSSR count). The van der Waals surface area contributed by atoms with Crippen LogP contribution in [0.2, 0.25) is 0 Å². The van der Waals surface area contributed by atoms with Crippen molar-refractivity contribution in [1.29, 1.82) is 5.41 Å². The van der Waals surface area contributed by atoms with Crippen LogP contribution in [-0.2, 0) is 0 Å². The second-order valence-corrected chi connectivity index (χ2v) is 4.20. The Morgan fingerprint density at radius 1 is 1.29 bits per heavy atom. The first-order valence-electron chi connectivity index (χ1n) is 5.46. The monoisotopic (exact) mass is 228 g/mol. The molecule has 88 valence electrons. The molecule has 4 nitrogen and oxygen atoms in total. The van der Waals surface area contributed by atoms with Gasteiger partial charge in [0.25, 0.3) is 0 Å². The third kappa shape index (κ3) is 1.93. The van der Waals surface area contributed by atoms with Crippen LogP contribution in [0, 0.1) is 26.2 Å². The lowest BCUT2D eigenvalue weighted by atomic mass is 10.1. The van der Waals surface area contributed by atoms with E-state index in [2.05, 4.69) is 4.98 Å². The summed E-state index contributed by atoms with van der Waals surface area (Å²) in [5.41, 5.74) is 10.5. The number of benzene rings is 1. The lowest BCUT2D eigenvalue weighted by molar-refractivity contribution is 0.997. The number of nitrogens with zero attached hydrogens (tertiary/aromatic N) is 2. The van der Waals surface area contributed by atoms with E-state index in [0.717, 1.165) is 28.2 Å². The van der Waals surface area contributed by atoms with Crippen molar-refractivity contribution >= 4 is 5.84 Å². The normalized spacial score (nSPS) is 10.5. The molecule has 0 aliphatic heterocycles. The summed E-state index contributed by atoms with van der Waals surface area (Å²) < 4.78 is 2.03. The van der Waals surface area contributed by atoms with Crippen LogP contribution in [-0.4, -0.2) is 15.4 Å². The highest BCUT2D eigenvalue weighted by Gasteiger charge is 2.07. The predicted molar refractivity (Wildman–Crippen MR) is 68.8 cm³/mol. The fourth-order valence-electron chi connectivity index (χ4n) is 1.86. The maximum Gasteiger partial charge on any atom is 0.123 e. The minimum absolute atomic E-state index is 0.104. The van der Waals surface area contributed by atoms with Gasteiger partial charge in [-0.25, -0.2) is 4.98 Å². The molecule has 4 heteroatoms. The number of nitrogens with two attached hydrogens (primary N) is 1. The number of hydrogen-bond donors (Lipinski definition) is 2. The highest BCUT2D eigenvalue weighted by atomic mass is 15.1. The molecule has 1 aromatic heterocycles. The summed E-state index contributed by atoms with van der Waals surface area (Å²) in [5.74, 6) is 0.104. The topological polar surface area (TPSA) is 67.7 Å². The van der Waals surface area contributed by atoms with Crippen molar-refractivity contribution < 1.29 is 0 Å². The first-order valence-corrected chi connectivity index (χ1v) is 5.46. The first kappa shape index (κ1) is 11.4. The van der Waals surface area contributed by atoms with Gasteiger partial charge >= 0.3 is 0 Å². The number of aromatic nitrogens is 2. The second-order valence-electron chi connectivity index (χ2n) is 4.20. The summed E-state index contributed by atoms with van der Waals surface area (Å²) in [5, 5.41) is 7.46. The summed E-state index contributed by atoms with van der Waals surface area (Å²) >= 11 is 0. The van der Waals surface area contributed by atoms with Gasteiger partial charge in [-0.15, -0.1) is 0 Å². The van der Waals surface area contributed by atoms with Crippen molar-refractivity contribution in [1.82, 2.24) is 9.55 Å². The molecule has 0 unspecified atom stereocenters. The zero-order valence-corrected chi connectivity index (χ0v) is 10.3. The molecular formula is C13H16N4. The maximum absolute atomic E-state index is 7.46. The summed E-state index contributed by atoms with van der Waals surface area (Å²) in [6, 6.07) is 5.85. The van der Waals surface area contributed by atoms with Crippen LogP contribution in [0.25, 0.3) is 5.69 Å². The van der Waals surface area contributed by atoms with E-state index in [1.165, 1.54) is 0 Å². The van der Waals surface area contributed by atoms with Crippen LogP contribution in [0.15, 0.2) is 24.5 Å². The molecule has 0 spiro atoms. The minimum Gasteiger partial charge on any atom is -0.384 e. The largest absolute Gasteiger partial charge is 0.384 e.